The molecule has 0 bridgehead atoms. The zero-order valence-electron chi connectivity index (χ0n) is 19.9. The van der Waals surface area contributed by atoms with Gasteiger partial charge in [-0.05, 0) is 59.8 Å². The van der Waals surface area contributed by atoms with Gasteiger partial charge in [0.15, 0.2) is 11.5 Å². The van der Waals surface area contributed by atoms with Crippen LogP contribution in [-0.4, -0.2) is 48.7 Å². The predicted octanol–water partition coefficient (Wildman–Crippen LogP) is 4.33. The van der Waals surface area contributed by atoms with Crippen LogP contribution in [0.15, 0.2) is 70.0 Å². The van der Waals surface area contributed by atoms with Crippen molar-refractivity contribution in [2.45, 2.75) is 6.61 Å². The van der Waals surface area contributed by atoms with Crippen molar-refractivity contribution in [3.63, 3.8) is 0 Å². The van der Waals surface area contributed by atoms with Gasteiger partial charge in [0, 0.05) is 5.69 Å². The number of imide groups is 1. The second kappa shape index (κ2) is 11.5. The molecule has 3 aromatic rings. The van der Waals surface area contributed by atoms with E-state index < -0.39 is 29.6 Å². The lowest BCUT2D eigenvalue weighted by Gasteiger charge is -2.12. The van der Waals surface area contributed by atoms with Gasteiger partial charge in [-0.15, -0.1) is 0 Å². The second-order valence-electron chi connectivity index (χ2n) is 7.64. The third-order valence-electron chi connectivity index (χ3n) is 5.14. The number of esters is 1. The van der Waals surface area contributed by atoms with E-state index in [2.05, 4.69) is 10.1 Å². The van der Waals surface area contributed by atoms with E-state index >= 15 is 0 Å². The lowest BCUT2D eigenvalue weighted by atomic mass is 10.2. The van der Waals surface area contributed by atoms with E-state index in [-0.39, 0.29) is 17.3 Å². The Kier molecular flexibility index (Phi) is 7.94. The van der Waals surface area contributed by atoms with E-state index in [0.717, 1.165) is 16.7 Å². The fourth-order valence-electron chi connectivity index (χ4n) is 3.36. The zero-order valence-corrected chi connectivity index (χ0v) is 20.7. The van der Waals surface area contributed by atoms with Crippen LogP contribution in [0.5, 0.6) is 11.5 Å². The molecule has 1 N–H and O–H groups in total. The molecule has 1 aromatic heterocycles. The Labute approximate surface area is 216 Å². The summed E-state index contributed by atoms with van der Waals surface area (Å²) in [5, 5.41) is 2.12. The van der Waals surface area contributed by atoms with Crippen LogP contribution in [0, 0.1) is 0 Å². The molecule has 1 aliphatic rings. The van der Waals surface area contributed by atoms with Gasteiger partial charge < -0.3 is 23.9 Å². The summed E-state index contributed by atoms with van der Waals surface area (Å²) >= 11 is 0.753. The van der Waals surface area contributed by atoms with Crippen molar-refractivity contribution in [3.05, 3.63) is 82.7 Å². The summed E-state index contributed by atoms with van der Waals surface area (Å²) < 4.78 is 21.1. The molecule has 1 saturated heterocycles. The van der Waals surface area contributed by atoms with Crippen LogP contribution in [0.4, 0.5) is 10.5 Å². The minimum Gasteiger partial charge on any atom is -0.493 e. The van der Waals surface area contributed by atoms with Gasteiger partial charge in [-0.1, -0.05) is 24.3 Å². The van der Waals surface area contributed by atoms with Crippen LogP contribution in [0.2, 0.25) is 0 Å². The maximum absolute atomic E-state index is 12.8. The number of ether oxygens (including phenoxy) is 3. The number of hydrogen-bond donors (Lipinski definition) is 1. The first-order valence-electron chi connectivity index (χ1n) is 11.0. The lowest BCUT2D eigenvalue weighted by molar-refractivity contribution is -0.127. The van der Waals surface area contributed by atoms with E-state index in [1.165, 1.54) is 20.3 Å². The maximum atomic E-state index is 12.8. The SMILES string of the molecule is COC(=O)c1ccc(COc2ccc(C=C3SC(=O)N(CC(=O)Nc4ccccc4)C3=O)cc2OC)o1. The van der Waals surface area contributed by atoms with Gasteiger partial charge in [0.25, 0.3) is 11.1 Å². The summed E-state index contributed by atoms with van der Waals surface area (Å²) in [5.74, 6) is -0.359. The van der Waals surface area contributed by atoms with Crippen LogP contribution < -0.4 is 14.8 Å². The zero-order chi connectivity index (χ0) is 26.4. The molecule has 190 valence electrons. The second-order valence-corrected chi connectivity index (χ2v) is 8.63. The summed E-state index contributed by atoms with van der Waals surface area (Å²) in [7, 11) is 2.73. The highest BCUT2D eigenvalue weighted by atomic mass is 32.2. The molecule has 37 heavy (non-hydrogen) atoms. The van der Waals surface area contributed by atoms with E-state index in [4.69, 9.17) is 13.9 Å². The topological polar surface area (TPSA) is 124 Å². The Balaban J connectivity index is 1.41. The molecule has 4 rings (SSSR count). The number of amides is 3. The summed E-state index contributed by atoms with van der Waals surface area (Å²) in [6.45, 7) is -0.353. The highest BCUT2D eigenvalue weighted by Crippen LogP contribution is 2.34. The van der Waals surface area contributed by atoms with Gasteiger partial charge in [-0.3, -0.25) is 19.3 Å². The number of methoxy groups -OCH3 is 2. The molecule has 1 fully saturated rings. The van der Waals surface area contributed by atoms with E-state index in [9.17, 15) is 19.2 Å². The molecule has 0 unspecified atom stereocenters. The van der Waals surface area contributed by atoms with Crippen LogP contribution in [0.3, 0.4) is 0 Å². The van der Waals surface area contributed by atoms with Crippen LogP contribution in [-0.2, 0) is 20.9 Å². The van der Waals surface area contributed by atoms with Crippen LogP contribution in [0.1, 0.15) is 21.9 Å². The Morgan fingerprint density at radius 2 is 1.81 bits per heavy atom. The number of hydrogen-bond acceptors (Lipinski definition) is 9. The van der Waals surface area contributed by atoms with Gasteiger partial charge in [-0.2, -0.15) is 0 Å². The third-order valence-corrected chi connectivity index (χ3v) is 6.04. The number of anilines is 1. The number of nitrogens with zero attached hydrogens (tertiary/aromatic N) is 1. The predicted molar refractivity (Wildman–Crippen MR) is 135 cm³/mol. The molecular weight excluding hydrogens is 500 g/mol. The normalized spacial score (nSPS) is 14.1. The van der Waals surface area contributed by atoms with Crippen molar-refractivity contribution in [3.8, 4) is 11.5 Å². The molecular formula is C26H22N2O8S. The van der Waals surface area contributed by atoms with Gasteiger partial charge in [0.1, 0.15) is 18.9 Å². The number of rotatable bonds is 9. The first kappa shape index (κ1) is 25.6. The number of carbonyl (C=O) groups is 4. The number of nitrogens with one attached hydrogen (secondary N) is 1. The highest BCUT2D eigenvalue weighted by molar-refractivity contribution is 8.18. The molecule has 11 heteroatoms. The Bertz CT molecular complexity index is 1370. The Hall–Kier alpha value is -4.51. The van der Waals surface area contributed by atoms with Crippen LogP contribution >= 0.6 is 11.8 Å². The smallest absolute Gasteiger partial charge is 0.373 e. The van der Waals surface area contributed by atoms with Gasteiger partial charge >= 0.3 is 5.97 Å². The first-order chi connectivity index (χ1) is 17.9. The van der Waals surface area contributed by atoms with Crippen LogP contribution in [0.25, 0.3) is 6.08 Å². The van der Waals surface area contributed by atoms with Crippen molar-refractivity contribution in [1.82, 2.24) is 4.90 Å². The molecule has 2 heterocycles. The fraction of sp³-hybridized carbons (Fsp3) is 0.154. The Morgan fingerprint density at radius 1 is 1.03 bits per heavy atom. The fourth-order valence-corrected chi connectivity index (χ4v) is 4.20. The summed E-state index contributed by atoms with van der Waals surface area (Å²) in [4.78, 5) is 50.1. The largest absolute Gasteiger partial charge is 0.493 e. The molecule has 0 radical (unpaired) electrons. The van der Waals surface area contributed by atoms with Crippen molar-refractivity contribution in [2.24, 2.45) is 0 Å². The van der Waals surface area contributed by atoms with E-state index in [1.54, 1.807) is 54.6 Å². The highest BCUT2D eigenvalue weighted by Gasteiger charge is 2.36. The monoisotopic (exact) mass is 522 g/mol. The number of benzene rings is 2. The molecule has 2 aromatic carbocycles. The minimum atomic E-state index is -0.588. The molecule has 1 aliphatic heterocycles. The summed E-state index contributed by atoms with van der Waals surface area (Å²) in [6.07, 6.45) is 1.54. The maximum Gasteiger partial charge on any atom is 0.373 e. The van der Waals surface area contributed by atoms with Gasteiger partial charge in [0.2, 0.25) is 11.7 Å². The quantitative estimate of drug-likeness (QED) is 0.323. The summed E-state index contributed by atoms with van der Waals surface area (Å²) in [5.41, 5.74) is 1.16. The van der Waals surface area contributed by atoms with Crippen molar-refractivity contribution >= 4 is 46.5 Å². The molecule has 0 spiro atoms. The van der Waals surface area contributed by atoms with Crippen molar-refractivity contribution in [1.29, 1.82) is 0 Å². The average Bonchev–Trinajstić information content (AvgIpc) is 3.48. The lowest BCUT2D eigenvalue weighted by Crippen LogP contribution is -2.36. The minimum absolute atomic E-state index is 0.0383. The van der Waals surface area contributed by atoms with Crippen molar-refractivity contribution in [2.75, 3.05) is 26.1 Å². The van der Waals surface area contributed by atoms with E-state index in [1.807, 2.05) is 6.07 Å². The van der Waals surface area contributed by atoms with Gasteiger partial charge in [0.05, 0.1) is 19.1 Å². The molecule has 10 nitrogen and oxygen atoms in total. The van der Waals surface area contributed by atoms with E-state index in [0.29, 0.717) is 28.5 Å². The van der Waals surface area contributed by atoms with Crippen molar-refractivity contribution < 1.29 is 37.8 Å². The summed E-state index contributed by atoms with van der Waals surface area (Å²) in [6, 6.07) is 16.8. The third kappa shape index (κ3) is 6.19. The van der Waals surface area contributed by atoms with Gasteiger partial charge in [-0.25, -0.2) is 4.79 Å². The number of thioether (sulfide) groups is 1. The average molecular weight is 523 g/mol. The number of carbonyl (C=O) groups excluding carboxylic acids is 4. The Morgan fingerprint density at radius 3 is 2.54 bits per heavy atom. The number of para-hydroxylation sites is 1. The molecule has 3 amide bonds. The molecule has 0 saturated carbocycles. The first-order valence-corrected chi connectivity index (χ1v) is 11.8. The molecule has 0 aliphatic carbocycles. The standard InChI is InChI=1S/C26H22N2O8S/c1-33-21-12-16(8-10-19(21)35-15-18-9-11-20(36-18)25(31)34-2)13-22-24(30)28(26(32)37-22)14-23(29)27-17-6-4-3-5-7-17/h3-13H,14-15H2,1-2H3,(H,27,29). The molecule has 0 atom stereocenters. The number of furan rings is 1.